The Morgan fingerprint density at radius 1 is 1.25 bits per heavy atom. The summed E-state index contributed by atoms with van der Waals surface area (Å²) in [5.41, 5.74) is 2.56. The van der Waals surface area contributed by atoms with Gasteiger partial charge >= 0.3 is 6.09 Å². The molecule has 0 saturated heterocycles. The number of amides is 2. The van der Waals surface area contributed by atoms with Crippen molar-refractivity contribution in [2.45, 2.75) is 58.0 Å². The molecule has 132 valence electrons. The number of hydrogen-bond donors (Lipinski definition) is 2. The molecule has 0 bridgehead atoms. The van der Waals surface area contributed by atoms with E-state index in [-0.39, 0.29) is 23.3 Å². The van der Waals surface area contributed by atoms with E-state index in [2.05, 4.69) is 41.4 Å². The van der Waals surface area contributed by atoms with Gasteiger partial charge in [0.1, 0.15) is 6.04 Å². The molecule has 2 amide bonds. The molecule has 2 N–H and O–H groups in total. The Hall–Kier alpha value is -2.04. The molecule has 0 aromatic heterocycles. The van der Waals surface area contributed by atoms with Gasteiger partial charge < -0.3 is 15.4 Å². The Morgan fingerprint density at radius 2 is 1.92 bits per heavy atom. The SMILES string of the molecule is COC(=O)NC(C(=O)NC1CCC(C)(C)c2ccccc21)C(C)C. The van der Waals surface area contributed by atoms with Crippen LogP contribution in [0.25, 0.3) is 0 Å². The maximum absolute atomic E-state index is 12.7. The second kappa shape index (κ2) is 7.24. The lowest BCUT2D eigenvalue weighted by molar-refractivity contribution is -0.125. The van der Waals surface area contributed by atoms with E-state index in [9.17, 15) is 9.59 Å². The third-order valence-corrected chi connectivity index (χ3v) is 4.85. The summed E-state index contributed by atoms with van der Waals surface area (Å²) >= 11 is 0. The van der Waals surface area contributed by atoms with Gasteiger partial charge in [0, 0.05) is 0 Å². The smallest absolute Gasteiger partial charge is 0.407 e. The minimum atomic E-state index is -0.612. The number of fused-ring (bicyclic) bond motifs is 1. The molecule has 0 fully saturated rings. The number of carbonyl (C=O) groups excluding carboxylic acids is 2. The van der Waals surface area contributed by atoms with Crippen molar-refractivity contribution in [2.24, 2.45) is 5.92 Å². The zero-order valence-electron chi connectivity index (χ0n) is 15.2. The Kier molecular flexibility index (Phi) is 5.52. The fraction of sp³-hybridized carbons (Fsp3) is 0.579. The van der Waals surface area contributed by atoms with Crippen molar-refractivity contribution in [2.75, 3.05) is 7.11 Å². The number of hydrogen-bond acceptors (Lipinski definition) is 3. The average Bonchev–Trinajstić information content (AvgIpc) is 2.54. The van der Waals surface area contributed by atoms with Crippen molar-refractivity contribution in [1.29, 1.82) is 0 Å². The van der Waals surface area contributed by atoms with Crippen LogP contribution in [-0.2, 0) is 14.9 Å². The summed E-state index contributed by atoms with van der Waals surface area (Å²) in [5, 5.41) is 5.74. The molecule has 24 heavy (non-hydrogen) atoms. The molecule has 1 aromatic rings. The first-order valence-electron chi connectivity index (χ1n) is 8.50. The molecule has 2 rings (SSSR count). The highest BCUT2D eigenvalue weighted by Crippen LogP contribution is 2.41. The Morgan fingerprint density at radius 3 is 2.54 bits per heavy atom. The molecule has 1 aliphatic carbocycles. The van der Waals surface area contributed by atoms with Crippen molar-refractivity contribution < 1.29 is 14.3 Å². The van der Waals surface area contributed by atoms with E-state index in [4.69, 9.17) is 0 Å². The van der Waals surface area contributed by atoms with E-state index in [1.54, 1.807) is 0 Å². The third-order valence-electron chi connectivity index (χ3n) is 4.85. The summed E-state index contributed by atoms with van der Waals surface area (Å²) in [6.45, 7) is 8.27. The lowest BCUT2D eigenvalue weighted by Crippen LogP contribution is -2.51. The van der Waals surface area contributed by atoms with E-state index >= 15 is 0 Å². The standard InChI is InChI=1S/C19H28N2O3/c1-12(2)16(21-18(23)24-5)17(22)20-15-10-11-19(3,4)14-9-7-6-8-13(14)15/h6-9,12,15-16H,10-11H2,1-5H3,(H,20,22)(H,21,23). The third kappa shape index (κ3) is 3.89. The van der Waals surface area contributed by atoms with Gasteiger partial charge in [0.25, 0.3) is 0 Å². The van der Waals surface area contributed by atoms with Gasteiger partial charge in [-0.25, -0.2) is 4.79 Å². The van der Waals surface area contributed by atoms with Crippen molar-refractivity contribution in [1.82, 2.24) is 10.6 Å². The quantitative estimate of drug-likeness (QED) is 0.889. The summed E-state index contributed by atoms with van der Waals surface area (Å²) in [7, 11) is 1.30. The Balaban J connectivity index is 2.18. The van der Waals surface area contributed by atoms with E-state index in [1.165, 1.54) is 18.2 Å². The molecule has 2 atom stereocenters. The highest BCUT2D eigenvalue weighted by molar-refractivity contribution is 5.86. The van der Waals surface area contributed by atoms with Crippen molar-refractivity contribution in [3.8, 4) is 0 Å². The molecular weight excluding hydrogens is 304 g/mol. The Labute approximate surface area is 144 Å². The molecule has 0 heterocycles. The summed E-state index contributed by atoms with van der Waals surface area (Å²) in [6.07, 6.45) is 1.30. The number of benzene rings is 1. The summed E-state index contributed by atoms with van der Waals surface area (Å²) in [6, 6.07) is 7.63. The van der Waals surface area contributed by atoms with Crippen LogP contribution >= 0.6 is 0 Å². The van der Waals surface area contributed by atoms with Crippen LogP contribution in [0.5, 0.6) is 0 Å². The van der Waals surface area contributed by atoms with Crippen LogP contribution in [0.1, 0.15) is 57.7 Å². The van der Waals surface area contributed by atoms with Crippen LogP contribution in [0.3, 0.4) is 0 Å². The van der Waals surface area contributed by atoms with Crippen LogP contribution in [0.4, 0.5) is 4.79 Å². The number of methoxy groups -OCH3 is 1. The molecule has 0 saturated carbocycles. The van der Waals surface area contributed by atoms with Gasteiger partial charge in [-0.15, -0.1) is 0 Å². The number of rotatable bonds is 4. The van der Waals surface area contributed by atoms with Gasteiger partial charge in [-0.2, -0.15) is 0 Å². The molecule has 0 spiro atoms. The summed E-state index contributed by atoms with van der Waals surface area (Å²) in [4.78, 5) is 24.2. The zero-order valence-corrected chi connectivity index (χ0v) is 15.2. The second-order valence-electron chi connectivity index (χ2n) is 7.43. The van der Waals surface area contributed by atoms with E-state index in [1.807, 2.05) is 26.0 Å². The normalized spacial score (nSPS) is 20.0. The number of nitrogens with one attached hydrogen (secondary N) is 2. The lowest BCUT2D eigenvalue weighted by atomic mass is 9.71. The first-order valence-corrected chi connectivity index (χ1v) is 8.50. The van der Waals surface area contributed by atoms with Crippen LogP contribution < -0.4 is 10.6 Å². The van der Waals surface area contributed by atoms with Crippen LogP contribution in [0.15, 0.2) is 24.3 Å². The fourth-order valence-electron chi connectivity index (χ4n) is 3.34. The van der Waals surface area contributed by atoms with Crippen molar-refractivity contribution in [3.05, 3.63) is 35.4 Å². The van der Waals surface area contributed by atoms with Crippen molar-refractivity contribution >= 4 is 12.0 Å². The molecule has 1 aliphatic rings. The fourth-order valence-corrected chi connectivity index (χ4v) is 3.34. The van der Waals surface area contributed by atoms with Crippen LogP contribution in [0, 0.1) is 5.92 Å². The largest absolute Gasteiger partial charge is 0.453 e. The lowest BCUT2D eigenvalue weighted by Gasteiger charge is -2.38. The zero-order chi connectivity index (χ0) is 17.9. The molecule has 0 radical (unpaired) electrons. The minimum absolute atomic E-state index is 0.0255. The molecule has 0 aliphatic heterocycles. The predicted octanol–water partition coefficient (Wildman–Crippen LogP) is 3.30. The topological polar surface area (TPSA) is 67.4 Å². The molecule has 1 aromatic carbocycles. The summed E-state index contributed by atoms with van der Waals surface area (Å²) < 4.78 is 4.62. The van der Waals surface area contributed by atoms with Gasteiger partial charge in [-0.3, -0.25) is 4.79 Å². The molecule has 5 heteroatoms. The van der Waals surface area contributed by atoms with Crippen molar-refractivity contribution in [3.63, 3.8) is 0 Å². The minimum Gasteiger partial charge on any atom is -0.453 e. The van der Waals surface area contributed by atoms with Gasteiger partial charge in [0.2, 0.25) is 5.91 Å². The van der Waals surface area contributed by atoms with E-state index in [0.717, 1.165) is 12.8 Å². The maximum atomic E-state index is 12.7. The number of carbonyl (C=O) groups is 2. The molecule has 2 unspecified atom stereocenters. The van der Waals surface area contributed by atoms with Crippen LogP contribution in [0.2, 0.25) is 0 Å². The predicted molar refractivity (Wildman–Crippen MR) is 93.8 cm³/mol. The highest BCUT2D eigenvalue weighted by Gasteiger charge is 2.34. The average molecular weight is 332 g/mol. The van der Waals surface area contributed by atoms with Crippen LogP contribution in [-0.4, -0.2) is 25.2 Å². The van der Waals surface area contributed by atoms with Gasteiger partial charge in [-0.1, -0.05) is 52.0 Å². The first kappa shape index (κ1) is 18.3. The monoisotopic (exact) mass is 332 g/mol. The number of alkyl carbamates (subject to hydrolysis) is 1. The number of ether oxygens (including phenoxy) is 1. The molecular formula is C19H28N2O3. The highest BCUT2D eigenvalue weighted by atomic mass is 16.5. The van der Waals surface area contributed by atoms with Gasteiger partial charge in [0.15, 0.2) is 0 Å². The maximum Gasteiger partial charge on any atom is 0.407 e. The van der Waals surface area contributed by atoms with Gasteiger partial charge in [-0.05, 0) is 35.3 Å². The second-order valence-corrected chi connectivity index (χ2v) is 7.43. The van der Waals surface area contributed by atoms with E-state index < -0.39 is 12.1 Å². The van der Waals surface area contributed by atoms with Gasteiger partial charge in [0.05, 0.1) is 13.2 Å². The molecule has 5 nitrogen and oxygen atoms in total. The van der Waals surface area contributed by atoms with E-state index in [0.29, 0.717) is 0 Å². The summed E-state index contributed by atoms with van der Waals surface area (Å²) in [5.74, 6) is -0.200. The Bertz CT molecular complexity index is 610. The first-order chi connectivity index (χ1) is 11.3.